The summed E-state index contributed by atoms with van der Waals surface area (Å²) in [5, 5.41) is 12.8. The van der Waals surface area contributed by atoms with Gasteiger partial charge in [-0.15, -0.1) is 0 Å². The lowest BCUT2D eigenvalue weighted by molar-refractivity contribution is -0.126. The van der Waals surface area contributed by atoms with E-state index in [0.717, 1.165) is 5.69 Å². The van der Waals surface area contributed by atoms with Gasteiger partial charge in [-0.1, -0.05) is 6.07 Å². The molecular weight excluding hydrogens is 228 g/mol. The Morgan fingerprint density at radius 2 is 2.00 bits per heavy atom. The number of aromatic nitrogens is 1. The molecule has 0 saturated heterocycles. The van der Waals surface area contributed by atoms with Crippen LogP contribution in [0.5, 0.6) is 0 Å². The number of aryl methyl sites for hydroxylation is 1. The number of hydrogen-bond donors (Lipinski definition) is 2. The Kier molecular flexibility index (Phi) is 4.46. The van der Waals surface area contributed by atoms with Crippen molar-refractivity contribution in [3.05, 3.63) is 30.1 Å². The fourth-order valence-corrected chi connectivity index (χ4v) is 1.35. The van der Waals surface area contributed by atoms with Crippen molar-refractivity contribution in [3.8, 4) is 0 Å². The van der Waals surface area contributed by atoms with Crippen LogP contribution in [0.25, 0.3) is 0 Å². The van der Waals surface area contributed by atoms with E-state index >= 15 is 0 Å². The summed E-state index contributed by atoms with van der Waals surface area (Å²) in [6, 6.07) is 5.65. The van der Waals surface area contributed by atoms with E-state index in [0.29, 0.717) is 12.8 Å². The topological polar surface area (TPSA) is 62.2 Å². The van der Waals surface area contributed by atoms with E-state index in [4.69, 9.17) is 0 Å². The van der Waals surface area contributed by atoms with Crippen LogP contribution >= 0.6 is 0 Å². The van der Waals surface area contributed by atoms with Gasteiger partial charge in [0.05, 0.1) is 11.1 Å². The number of nitrogens with zero attached hydrogens (tertiary/aromatic N) is 1. The van der Waals surface area contributed by atoms with Gasteiger partial charge in [0.15, 0.2) is 0 Å². The molecule has 1 rings (SSSR count). The Bertz CT molecular complexity index is 394. The minimum atomic E-state index is -0.965. The highest BCUT2D eigenvalue weighted by molar-refractivity contribution is 5.77. The standard InChI is InChI=1S/C14H22N2O2/c1-13(2,14(3,4)18)16-12(17)9-8-11-7-5-6-10-15-11/h5-7,10,18H,8-9H2,1-4H3,(H,16,17). The summed E-state index contributed by atoms with van der Waals surface area (Å²) in [6.07, 6.45) is 2.69. The number of carbonyl (C=O) groups excluding carboxylic acids is 1. The first-order valence-electron chi connectivity index (χ1n) is 6.16. The molecule has 0 saturated carbocycles. The number of hydrogen-bond acceptors (Lipinski definition) is 3. The normalized spacial score (nSPS) is 12.3. The van der Waals surface area contributed by atoms with Gasteiger partial charge < -0.3 is 10.4 Å². The summed E-state index contributed by atoms with van der Waals surface area (Å²) >= 11 is 0. The molecule has 2 N–H and O–H groups in total. The second-order valence-corrected chi connectivity index (χ2v) is 5.55. The van der Waals surface area contributed by atoms with Crippen molar-refractivity contribution in [3.63, 3.8) is 0 Å². The van der Waals surface area contributed by atoms with Gasteiger partial charge in [0.1, 0.15) is 0 Å². The maximum Gasteiger partial charge on any atom is 0.220 e. The number of aliphatic hydroxyl groups is 1. The van der Waals surface area contributed by atoms with E-state index in [-0.39, 0.29) is 5.91 Å². The molecule has 1 aromatic rings. The van der Waals surface area contributed by atoms with E-state index in [2.05, 4.69) is 10.3 Å². The van der Waals surface area contributed by atoms with Crippen LogP contribution < -0.4 is 5.32 Å². The average molecular weight is 250 g/mol. The molecule has 0 aromatic carbocycles. The molecule has 0 aliphatic rings. The molecule has 1 heterocycles. The van der Waals surface area contributed by atoms with Crippen LogP contribution in [0.4, 0.5) is 0 Å². The Morgan fingerprint density at radius 1 is 1.33 bits per heavy atom. The van der Waals surface area contributed by atoms with Crippen LogP contribution in [0.3, 0.4) is 0 Å². The highest BCUT2D eigenvalue weighted by Gasteiger charge is 2.36. The Labute approximate surface area is 108 Å². The van der Waals surface area contributed by atoms with Crippen LogP contribution in [0, 0.1) is 0 Å². The molecule has 4 nitrogen and oxygen atoms in total. The average Bonchev–Trinajstić information content (AvgIpc) is 2.26. The Balaban J connectivity index is 2.48. The molecule has 0 aliphatic heterocycles. The molecule has 0 radical (unpaired) electrons. The molecule has 0 bridgehead atoms. The summed E-state index contributed by atoms with van der Waals surface area (Å²) in [6.45, 7) is 7.00. The lowest BCUT2D eigenvalue weighted by atomic mass is 9.86. The van der Waals surface area contributed by atoms with Crippen LogP contribution in [0.1, 0.15) is 39.8 Å². The van der Waals surface area contributed by atoms with Crippen LogP contribution in [0.2, 0.25) is 0 Å². The molecule has 0 atom stereocenters. The van der Waals surface area contributed by atoms with Gasteiger partial charge in [-0.25, -0.2) is 0 Å². The molecule has 1 amide bonds. The number of rotatable bonds is 5. The van der Waals surface area contributed by atoms with Crippen molar-refractivity contribution in [2.75, 3.05) is 0 Å². The van der Waals surface area contributed by atoms with E-state index in [9.17, 15) is 9.90 Å². The molecule has 0 unspecified atom stereocenters. The first-order chi connectivity index (χ1) is 8.22. The van der Waals surface area contributed by atoms with Crippen molar-refractivity contribution in [2.24, 2.45) is 0 Å². The van der Waals surface area contributed by atoms with E-state index in [1.54, 1.807) is 20.0 Å². The monoisotopic (exact) mass is 250 g/mol. The second-order valence-electron chi connectivity index (χ2n) is 5.55. The summed E-state index contributed by atoms with van der Waals surface area (Å²) < 4.78 is 0. The van der Waals surface area contributed by atoms with Crippen LogP contribution in [-0.2, 0) is 11.2 Å². The number of carbonyl (C=O) groups is 1. The summed E-state index contributed by atoms with van der Waals surface area (Å²) in [5.41, 5.74) is -0.726. The van der Waals surface area contributed by atoms with Gasteiger partial charge in [0.25, 0.3) is 0 Å². The molecule has 1 aromatic heterocycles. The summed E-state index contributed by atoms with van der Waals surface area (Å²) in [4.78, 5) is 16.0. The lowest BCUT2D eigenvalue weighted by Gasteiger charge is -2.38. The van der Waals surface area contributed by atoms with Crippen molar-refractivity contribution in [1.29, 1.82) is 0 Å². The fourth-order valence-electron chi connectivity index (χ4n) is 1.35. The molecule has 0 fully saturated rings. The van der Waals surface area contributed by atoms with Gasteiger partial charge >= 0.3 is 0 Å². The zero-order valence-corrected chi connectivity index (χ0v) is 11.5. The van der Waals surface area contributed by atoms with Crippen LogP contribution in [-0.4, -0.2) is 27.1 Å². The molecule has 0 spiro atoms. The Hall–Kier alpha value is -1.42. The third-order valence-corrected chi connectivity index (χ3v) is 3.32. The summed E-state index contributed by atoms with van der Waals surface area (Å²) in [5.74, 6) is -0.0761. The first kappa shape index (κ1) is 14.6. The van der Waals surface area contributed by atoms with E-state index < -0.39 is 11.1 Å². The predicted molar refractivity (Wildman–Crippen MR) is 71.1 cm³/mol. The van der Waals surface area contributed by atoms with Crippen molar-refractivity contribution in [1.82, 2.24) is 10.3 Å². The highest BCUT2D eigenvalue weighted by atomic mass is 16.3. The van der Waals surface area contributed by atoms with Crippen molar-refractivity contribution >= 4 is 5.91 Å². The van der Waals surface area contributed by atoms with Crippen LogP contribution in [0.15, 0.2) is 24.4 Å². The van der Waals surface area contributed by atoms with Gasteiger partial charge in [0.2, 0.25) is 5.91 Å². The van der Waals surface area contributed by atoms with Gasteiger partial charge in [-0.3, -0.25) is 9.78 Å². The lowest BCUT2D eigenvalue weighted by Crippen LogP contribution is -2.57. The molecule has 0 aliphatic carbocycles. The van der Waals surface area contributed by atoms with Crippen molar-refractivity contribution < 1.29 is 9.90 Å². The Morgan fingerprint density at radius 3 is 2.50 bits per heavy atom. The molecule has 4 heteroatoms. The largest absolute Gasteiger partial charge is 0.388 e. The molecular formula is C14H22N2O2. The minimum absolute atomic E-state index is 0.0761. The smallest absolute Gasteiger partial charge is 0.220 e. The minimum Gasteiger partial charge on any atom is -0.388 e. The number of nitrogens with one attached hydrogen (secondary N) is 1. The first-order valence-corrected chi connectivity index (χ1v) is 6.16. The molecule has 100 valence electrons. The predicted octanol–water partition coefficient (Wildman–Crippen LogP) is 1.68. The SMILES string of the molecule is CC(C)(O)C(C)(C)NC(=O)CCc1ccccn1. The number of pyridine rings is 1. The third-order valence-electron chi connectivity index (χ3n) is 3.32. The zero-order valence-electron chi connectivity index (χ0n) is 11.5. The van der Waals surface area contributed by atoms with Gasteiger partial charge in [-0.2, -0.15) is 0 Å². The summed E-state index contributed by atoms with van der Waals surface area (Å²) in [7, 11) is 0. The third kappa shape index (κ3) is 4.11. The van der Waals surface area contributed by atoms with Gasteiger partial charge in [0, 0.05) is 18.3 Å². The zero-order chi connectivity index (χ0) is 13.8. The number of amides is 1. The van der Waals surface area contributed by atoms with E-state index in [1.807, 2.05) is 32.0 Å². The van der Waals surface area contributed by atoms with E-state index in [1.165, 1.54) is 0 Å². The fraction of sp³-hybridized carbons (Fsp3) is 0.571. The second kappa shape index (κ2) is 5.48. The van der Waals surface area contributed by atoms with Crippen molar-refractivity contribution in [2.45, 2.75) is 51.7 Å². The maximum absolute atomic E-state index is 11.8. The quantitative estimate of drug-likeness (QED) is 0.835. The maximum atomic E-state index is 11.8. The van der Waals surface area contributed by atoms with Gasteiger partial charge in [-0.05, 0) is 46.2 Å². The molecule has 18 heavy (non-hydrogen) atoms. The highest BCUT2D eigenvalue weighted by Crippen LogP contribution is 2.20.